The highest BCUT2D eigenvalue weighted by molar-refractivity contribution is 7.71. The summed E-state index contributed by atoms with van der Waals surface area (Å²) in [5.41, 5.74) is 6.15. The number of amides is 1. The fourth-order valence-electron chi connectivity index (χ4n) is 3.83. The van der Waals surface area contributed by atoms with E-state index in [9.17, 15) is 4.79 Å². The number of hydrogen-bond donors (Lipinski definition) is 2. The van der Waals surface area contributed by atoms with Crippen molar-refractivity contribution in [1.82, 2.24) is 14.3 Å². The maximum atomic E-state index is 12.7. The van der Waals surface area contributed by atoms with Gasteiger partial charge in [0.05, 0.1) is 6.54 Å². The molecule has 2 N–H and O–H groups in total. The average Bonchev–Trinajstić information content (AvgIpc) is 3.08. The van der Waals surface area contributed by atoms with Crippen molar-refractivity contribution in [3.05, 3.63) is 100 Å². The van der Waals surface area contributed by atoms with E-state index >= 15 is 0 Å². The number of nitrogens with zero attached hydrogens (tertiary/aromatic N) is 3. The van der Waals surface area contributed by atoms with Crippen LogP contribution in [0.4, 0.5) is 11.4 Å². The SMILES string of the molecule is Cc1cccc(NC(=O)Cn2nc(CNc3c(C)cccc3C)n(-c3ccccc3)c2=S)c1. The lowest BCUT2D eigenvalue weighted by atomic mass is 10.1. The number of carbonyl (C=O) groups is 1. The first kappa shape index (κ1) is 22.5. The third-order valence-corrected chi connectivity index (χ3v) is 5.81. The number of benzene rings is 3. The summed E-state index contributed by atoms with van der Waals surface area (Å²) in [6, 6.07) is 23.7. The standard InChI is InChI=1S/C26H27N5OS/c1-18-9-7-12-21(15-18)28-24(32)17-30-26(33)31(22-13-5-4-6-14-22)23(29-30)16-27-25-19(2)10-8-11-20(25)3/h4-15,27H,16-17H2,1-3H3,(H,28,32). The summed E-state index contributed by atoms with van der Waals surface area (Å²) in [5.74, 6) is 0.556. The molecular formula is C26H27N5OS. The molecule has 0 spiro atoms. The largest absolute Gasteiger partial charge is 0.377 e. The quantitative estimate of drug-likeness (QED) is 0.356. The zero-order chi connectivity index (χ0) is 23.4. The van der Waals surface area contributed by atoms with Gasteiger partial charge in [0.2, 0.25) is 10.7 Å². The predicted molar refractivity (Wildman–Crippen MR) is 135 cm³/mol. The van der Waals surface area contributed by atoms with Crippen molar-refractivity contribution in [2.45, 2.75) is 33.9 Å². The number of hydrogen-bond acceptors (Lipinski definition) is 4. The Morgan fingerprint density at radius 3 is 2.33 bits per heavy atom. The molecule has 0 saturated heterocycles. The van der Waals surface area contributed by atoms with E-state index in [-0.39, 0.29) is 12.5 Å². The molecule has 0 aliphatic heterocycles. The first-order chi connectivity index (χ1) is 15.9. The minimum atomic E-state index is -0.177. The number of anilines is 2. The summed E-state index contributed by atoms with van der Waals surface area (Å²) in [6.45, 7) is 6.64. The lowest BCUT2D eigenvalue weighted by Gasteiger charge is -2.13. The molecule has 168 valence electrons. The minimum Gasteiger partial charge on any atom is -0.377 e. The van der Waals surface area contributed by atoms with Crippen molar-refractivity contribution >= 4 is 29.5 Å². The lowest BCUT2D eigenvalue weighted by molar-refractivity contribution is -0.116. The van der Waals surface area contributed by atoms with Crippen LogP contribution in [0.3, 0.4) is 0 Å². The van der Waals surface area contributed by atoms with Crippen LogP contribution in [0.1, 0.15) is 22.5 Å². The van der Waals surface area contributed by atoms with Crippen LogP contribution >= 0.6 is 12.2 Å². The molecule has 3 aromatic carbocycles. The van der Waals surface area contributed by atoms with Gasteiger partial charge in [0.15, 0.2) is 5.82 Å². The second-order valence-corrected chi connectivity index (χ2v) is 8.43. The van der Waals surface area contributed by atoms with E-state index in [4.69, 9.17) is 17.3 Å². The molecule has 4 rings (SSSR count). The van der Waals surface area contributed by atoms with Crippen LogP contribution in [0.5, 0.6) is 0 Å². The van der Waals surface area contributed by atoms with Crippen LogP contribution in [0.2, 0.25) is 0 Å². The molecule has 0 unspecified atom stereocenters. The zero-order valence-electron chi connectivity index (χ0n) is 19.0. The Morgan fingerprint density at radius 1 is 0.939 bits per heavy atom. The lowest BCUT2D eigenvalue weighted by Crippen LogP contribution is -2.20. The second-order valence-electron chi connectivity index (χ2n) is 8.07. The second kappa shape index (κ2) is 9.83. The highest BCUT2D eigenvalue weighted by atomic mass is 32.1. The molecule has 7 heteroatoms. The fourth-order valence-corrected chi connectivity index (χ4v) is 4.14. The van der Waals surface area contributed by atoms with Crippen molar-refractivity contribution in [3.63, 3.8) is 0 Å². The highest BCUT2D eigenvalue weighted by Crippen LogP contribution is 2.21. The molecule has 0 fully saturated rings. The summed E-state index contributed by atoms with van der Waals surface area (Å²) >= 11 is 5.74. The number of aryl methyl sites for hydroxylation is 3. The molecule has 0 saturated carbocycles. The van der Waals surface area contributed by atoms with Crippen LogP contribution < -0.4 is 10.6 Å². The molecule has 0 bridgehead atoms. The van der Waals surface area contributed by atoms with E-state index in [0.717, 1.165) is 39.6 Å². The van der Waals surface area contributed by atoms with Crippen molar-refractivity contribution in [2.24, 2.45) is 0 Å². The summed E-state index contributed by atoms with van der Waals surface area (Å²) in [6.07, 6.45) is 0. The third kappa shape index (κ3) is 5.21. The van der Waals surface area contributed by atoms with E-state index < -0.39 is 0 Å². The molecule has 0 aliphatic rings. The van der Waals surface area contributed by atoms with Gasteiger partial charge in [0.25, 0.3) is 0 Å². The maximum absolute atomic E-state index is 12.7. The average molecular weight is 458 g/mol. The van der Waals surface area contributed by atoms with Gasteiger partial charge in [0.1, 0.15) is 6.54 Å². The number of carbonyl (C=O) groups excluding carboxylic acids is 1. The van der Waals surface area contributed by atoms with Crippen molar-refractivity contribution < 1.29 is 4.79 Å². The molecule has 0 atom stereocenters. The maximum Gasteiger partial charge on any atom is 0.246 e. The first-order valence-corrected chi connectivity index (χ1v) is 11.2. The van der Waals surface area contributed by atoms with Gasteiger partial charge >= 0.3 is 0 Å². The Hall–Kier alpha value is -3.71. The molecule has 0 radical (unpaired) electrons. The van der Waals surface area contributed by atoms with Crippen LogP contribution in [-0.2, 0) is 17.9 Å². The summed E-state index contributed by atoms with van der Waals surface area (Å²) in [4.78, 5) is 12.7. The molecule has 1 amide bonds. The van der Waals surface area contributed by atoms with Crippen molar-refractivity contribution in [1.29, 1.82) is 0 Å². The van der Waals surface area contributed by atoms with Crippen molar-refractivity contribution in [3.8, 4) is 5.69 Å². The summed E-state index contributed by atoms with van der Waals surface area (Å²) in [7, 11) is 0. The van der Waals surface area contributed by atoms with Crippen LogP contribution in [0.25, 0.3) is 5.69 Å². The first-order valence-electron chi connectivity index (χ1n) is 10.8. The number of para-hydroxylation sites is 2. The normalized spacial score (nSPS) is 10.8. The summed E-state index contributed by atoms with van der Waals surface area (Å²) in [5, 5.41) is 11.1. The Balaban J connectivity index is 1.62. The molecule has 1 aromatic heterocycles. The minimum absolute atomic E-state index is 0.0308. The Morgan fingerprint density at radius 2 is 1.64 bits per heavy atom. The Bertz CT molecular complexity index is 1320. The van der Waals surface area contributed by atoms with E-state index in [1.54, 1.807) is 4.68 Å². The number of rotatable bonds is 7. The van der Waals surface area contributed by atoms with E-state index in [0.29, 0.717) is 11.3 Å². The molecule has 6 nitrogen and oxygen atoms in total. The van der Waals surface area contributed by atoms with Gasteiger partial charge in [-0.15, -0.1) is 0 Å². The van der Waals surface area contributed by atoms with Crippen LogP contribution in [0.15, 0.2) is 72.8 Å². The molecular weight excluding hydrogens is 430 g/mol. The molecule has 33 heavy (non-hydrogen) atoms. The number of aromatic nitrogens is 3. The predicted octanol–water partition coefficient (Wildman–Crippen LogP) is 5.58. The Labute approximate surface area is 198 Å². The van der Waals surface area contributed by atoms with Gasteiger partial charge in [-0.05, 0) is 73.9 Å². The molecule has 1 heterocycles. The highest BCUT2D eigenvalue weighted by Gasteiger charge is 2.15. The van der Waals surface area contributed by atoms with Gasteiger partial charge in [-0.1, -0.05) is 48.5 Å². The van der Waals surface area contributed by atoms with Gasteiger partial charge in [-0.3, -0.25) is 9.36 Å². The van der Waals surface area contributed by atoms with Gasteiger partial charge in [-0.2, -0.15) is 5.10 Å². The Kier molecular flexibility index (Phi) is 6.70. The van der Waals surface area contributed by atoms with E-state index in [1.165, 1.54) is 0 Å². The summed E-state index contributed by atoms with van der Waals surface area (Å²) < 4.78 is 3.96. The van der Waals surface area contributed by atoms with Gasteiger partial charge in [0, 0.05) is 17.1 Å². The zero-order valence-corrected chi connectivity index (χ0v) is 19.8. The van der Waals surface area contributed by atoms with E-state index in [2.05, 4.69) is 36.6 Å². The topological polar surface area (TPSA) is 63.9 Å². The smallest absolute Gasteiger partial charge is 0.246 e. The van der Waals surface area contributed by atoms with Crippen molar-refractivity contribution in [2.75, 3.05) is 10.6 Å². The van der Waals surface area contributed by atoms with E-state index in [1.807, 2.05) is 72.2 Å². The monoisotopic (exact) mass is 457 g/mol. The van der Waals surface area contributed by atoms with Crippen LogP contribution in [-0.4, -0.2) is 20.3 Å². The third-order valence-electron chi connectivity index (χ3n) is 5.42. The number of nitrogens with one attached hydrogen (secondary N) is 2. The van der Waals surface area contributed by atoms with Gasteiger partial charge < -0.3 is 10.6 Å². The molecule has 0 aliphatic carbocycles. The fraction of sp³-hybridized carbons (Fsp3) is 0.192. The molecule has 4 aromatic rings. The van der Waals surface area contributed by atoms with Crippen LogP contribution in [0, 0.1) is 25.5 Å². The van der Waals surface area contributed by atoms with Gasteiger partial charge in [-0.25, -0.2) is 4.68 Å².